The van der Waals surface area contributed by atoms with E-state index >= 15 is 0 Å². The molecule has 0 aliphatic rings. The second kappa shape index (κ2) is 10.2. The average molecular weight is 188 g/mol. The SMILES string of the molecule is CCCCS/C=C/C=C/SC. The van der Waals surface area contributed by atoms with E-state index in [2.05, 4.69) is 36.1 Å². The van der Waals surface area contributed by atoms with E-state index < -0.39 is 0 Å². The van der Waals surface area contributed by atoms with E-state index in [1.54, 1.807) is 11.8 Å². The van der Waals surface area contributed by atoms with Crippen molar-refractivity contribution >= 4 is 23.5 Å². The van der Waals surface area contributed by atoms with Crippen molar-refractivity contribution in [3.63, 3.8) is 0 Å². The molecule has 0 atom stereocenters. The van der Waals surface area contributed by atoms with E-state index in [-0.39, 0.29) is 0 Å². The lowest BCUT2D eigenvalue weighted by molar-refractivity contribution is 0.898. The Morgan fingerprint density at radius 2 is 1.91 bits per heavy atom. The van der Waals surface area contributed by atoms with Gasteiger partial charge in [0.1, 0.15) is 0 Å². The van der Waals surface area contributed by atoms with Crippen LogP contribution in [0, 0.1) is 0 Å². The maximum Gasteiger partial charge on any atom is -0.00261 e. The van der Waals surface area contributed by atoms with Crippen molar-refractivity contribution in [1.29, 1.82) is 0 Å². The minimum absolute atomic E-state index is 1.25. The fraction of sp³-hybridized carbons (Fsp3) is 0.556. The molecule has 0 aromatic rings. The van der Waals surface area contributed by atoms with Crippen LogP contribution in [0.25, 0.3) is 0 Å². The zero-order valence-corrected chi connectivity index (χ0v) is 8.88. The maximum absolute atomic E-state index is 2.22. The van der Waals surface area contributed by atoms with Crippen LogP contribution in [0.15, 0.2) is 23.0 Å². The minimum atomic E-state index is 1.25. The van der Waals surface area contributed by atoms with Crippen molar-refractivity contribution in [3.8, 4) is 0 Å². The van der Waals surface area contributed by atoms with Crippen molar-refractivity contribution in [3.05, 3.63) is 23.0 Å². The van der Waals surface area contributed by atoms with Gasteiger partial charge in [-0.15, -0.1) is 23.5 Å². The van der Waals surface area contributed by atoms with Gasteiger partial charge in [0.15, 0.2) is 0 Å². The van der Waals surface area contributed by atoms with Crippen LogP contribution >= 0.6 is 23.5 Å². The van der Waals surface area contributed by atoms with Crippen LogP contribution in [0.1, 0.15) is 19.8 Å². The van der Waals surface area contributed by atoms with E-state index in [9.17, 15) is 0 Å². The summed E-state index contributed by atoms with van der Waals surface area (Å²) < 4.78 is 0. The third kappa shape index (κ3) is 10.2. The molecule has 0 fully saturated rings. The van der Waals surface area contributed by atoms with Gasteiger partial charge in [-0.25, -0.2) is 0 Å². The Bertz CT molecular complexity index is 117. The fourth-order valence-corrected chi connectivity index (χ4v) is 1.56. The van der Waals surface area contributed by atoms with Crippen LogP contribution in [-0.2, 0) is 0 Å². The molecule has 0 aliphatic heterocycles. The molecule has 0 spiro atoms. The molecule has 0 heterocycles. The summed E-state index contributed by atoms with van der Waals surface area (Å²) in [5.74, 6) is 1.25. The first-order chi connectivity index (χ1) is 5.41. The number of hydrogen-bond acceptors (Lipinski definition) is 2. The zero-order valence-electron chi connectivity index (χ0n) is 7.25. The average Bonchev–Trinajstić information content (AvgIpc) is 2.03. The Hall–Kier alpha value is 0.180. The standard InChI is InChI=1S/C9H16S2/c1-3-4-8-11-9-6-5-7-10-2/h5-7,9H,3-4,8H2,1-2H3/b7-5+,9-6+. The first-order valence-electron chi connectivity index (χ1n) is 3.88. The first-order valence-corrected chi connectivity index (χ1v) is 6.21. The molecule has 2 heteroatoms. The quantitative estimate of drug-likeness (QED) is 0.458. The number of rotatable bonds is 6. The Kier molecular flexibility index (Phi) is 10.3. The van der Waals surface area contributed by atoms with Gasteiger partial charge in [-0.3, -0.25) is 0 Å². The summed E-state index contributed by atoms with van der Waals surface area (Å²) in [6.45, 7) is 2.22. The molecule has 0 saturated carbocycles. The van der Waals surface area contributed by atoms with E-state index in [1.165, 1.54) is 18.6 Å². The minimum Gasteiger partial charge on any atom is -0.138 e. The molecule has 0 aliphatic carbocycles. The van der Waals surface area contributed by atoms with Gasteiger partial charge in [0.25, 0.3) is 0 Å². The van der Waals surface area contributed by atoms with Gasteiger partial charge < -0.3 is 0 Å². The molecule has 0 saturated heterocycles. The van der Waals surface area contributed by atoms with Gasteiger partial charge in [-0.1, -0.05) is 25.5 Å². The van der Waals surface area contributed by atoms with Crippen molar-refractivity contribution < 1.29 is 0 Å². The summed E-state index contributed by atoms with van der Waals surface area (Å²) in [7, 11) is 0. The van der Waals surface area contributed by atoms with Crippen molar-refractivity contribution in [1.82, 2.24) is 0 Å². The van der Waals surface area contributed by atoms with Crippen molar-refractivity contribution in [2.75, 3.05) is 12.0 Å². The third-order valence-electron chi connectivity index (χ3n) is 1.12. The fourth-order valence-electron chi connectivity index (χ4n) is 0.521. The summed E-state index contributed by atoms with van der Waals surface area (Å²) in [6, 6.07) is 0. The normalized spacial score (nSPS) is 11.8. The van der Waals surface area contributed by atoms with E-state index in [0.29, 0.717) is 0 Å². The van der Waals surface area contributed by atoms with Crippen LogP contribution in [0.2, 0.25) is 0 Å². The molecule has 0 unspecified atom stereocenters. The second-order valence-electron chi connectivity index (χ2n) is 2.12. The predicted octanol–water partition coefficient (Wildman–Crippen LogP) is 3.91. The first kappa shape index (κ1) is 11.2. The third-order valence-corrected chi connectivity index (χ3v) is 2.42. The van der Waals surface area contributed by atoms with E-state index in [1.807, 2.05) is 11.8 Å². The van der Waals surface area contributed by atoms with Gasteiger partial charge in [-0.05, 0) is 29.2 Å². The highest BCUT2D eigenvalue weighted by atomic mass is 32.2. The highest BCUT2D eigenvalue weighted by Crippen LogP contribution is 2.05. The summed E-state index contributed by atoms with van der Waals surface area (Å²) in [5, 5.41) is 4.24. The molecule has 0 aromatic heterocycles. The largest absolute Gasteiger partial charge is 0.138 e. The molecular weight excluding hydrogens is 172 g/mol. The molecule has 11 heavy (non-hydrogen) atoms. The highest BCUT2D eigenvalue weighted by Gasteiger charge is 1.79. The second-order valence-corrected chi connectivity index (χ2v) is 3.87. The number of allylic oxidation sites excluding steroid dienone is 2. The predicted molar refractivity (Wildman–Crippen MR) is 59.2 cm³/mol. The molecule has 0 N–H and O–H groups in total. The van der Waals surface area contributed by atoms with E-state index in [0.717, 1.165) is 0 Å². The topological polar surface area (TPSA) is 0 Å². The number of unbranched alkanes of at least 4 members (excludes halogenated alkanes) is 1. The van der Waals surface area contributed by atoms with Crippen LogP contribution < -0.4 is 0 Å². The van der Waals surface area contributed by atoms with Gasteiger partial charge in [-0.2, -0.15) is 0 Å². The van der Waals surface area contributed by atoms with Gasteiger partial charge >= 0.3 is 0 Å². The highest BCUT2D eigenvalue weighted by molar-refractivity contribution is 8.02. The van der Waals surface area contributed by atoms with Gasteiger partial charge in [0, 0.05) is 0 Å². The van der Waals surface area contributed by atoms with E-state index in [4.69, 9.17) is 0 Å². The summed E-state index contributed by atoms with van der Waals surface area (Å²) in [5.41, 5.74) is 0. The summed E-state index contributed by atoms with van der Waals surface area (Å²) in [4.78, 5) is 0. The van der Waals surface area contributed by atoms with Crippen molar-refractivity contribution in [2.45, 2.75) is 19.8 Å². The lowest BCUT2D eigenvalue weighted by Gasteiger charge is -1.89. The van der Waals surface area contributed by atoms with Crippen LogP contribution in [0.4, 0.5) is 0 Å². The number of thioether (sulfide) groups is 2. The van der Waals surface area contributed by atoms with Crippen LogP contribution in [0.3, 0.4) is 0 Å². The van der Waals surface area contributed by atoms with Crippen LogP contribution in [-0.4, -0.2) is 12.0 Å². The lowest BCUT2D eigenvalue weighted by atomic mass is 10.4. The summed E-state index contributed by atoms with van der Waals surface area (Å²) >= 11 is 3.62. The lowest BCUT2D eigenvalue weighted by Crippen LogP contribution is -1.71. The van der Waals surface area contributed by atoms with Gasteiger partial charge in [0.05, 0.1) is 0 Å². The molecule has 0 radical (unpaired) electrons. The molecule has 0 bridgehead atoms. The number of hydrogen-bond donors (Lipinski definition) is 0. The van der Waals surface area contributed by atoms with Crippen molar-refractivity contribution in [2.24, 2.45) is 0 Å². The smallest absolute Gasteiger partial charge is 0.00261 e. The molecule has 0 aromatic carbocycles. The Balaban J connectivity index is 3.09. The molecule has 0 nitrogen and oxygen atoms in total. The zero-order chi connectivity index (χ0) is 8.36. The molecular formula is C9H16S2. The molecule has 0 amide bonds. The van der Waals surface area contributed by atoms with Crippen LogP contribution in [0.5, 0.6) is 0 Å². The summed E-state index contributed by atoms with van der Waals surface area (Å²) in [6.07, 6.45) is 8.84. The molecule has 0 rings (SSSR count). The van der Waals surface area contributed by atoms with Gasteiger partial charge in [0.2, 0.25) is 0 Å². The maximum atomic E-state index is 2.22. The Labute approximate surface area is 78.5 Å². The molecule has 64 valence electrons. The Morgan fingerprint density at radius 3 is 2.55 bits per heavy atom. The Morgan fingerprint density at radius 1 is 1.18 bits per heavy atom. The monoisotopic (exact) mass is 188 g/mol.